The molecule has 2 rings (SSSR count). The Labute approximate surface area is 168 Å². The van der Waals surface area contributed by atoms with Gasteiger partial charge in [0.25, 0.3) is 0 Å². The van der Waals surface area contributed by atoms with Crippen LogP contribution in [0.1, 0.15) is 24.5 Å². The van der Waals surface area contributed by atoms with Crippen LogP contribution in [0.4, 0.5) is 0 Å². The Morgan fingerprint density at radius 1 is 1.12 bits per heavy atom. The smallest absolute Gasteiger partial charge is 0.162 e. The molecule has 4 nitrogen and oxygen atoms in total. The van der Waals surface area contributed by atoms with Crippen molar-refractivity contribution in [2.45, 2.75) is 26.5 Å². The molecule has 0 unspecified atom stereocenters. The van der Waals surface area contributed by atoms with E-state index >= 15 is 0 Å². The van der Waals surface area contributed by atoms with E-state index in [4.69, 9.17) is 25.8 Å². The third-order valence-corrected chi connectivity index (χ3v) is 4.79. The van der Waals surface area contributed by atoms with Gasteiger partial charge in [-0.15, -0.1) is 0 Å². The zero-order valence-electron chi connectivity index (χ0n) is 15.2. The summed E-state index contributed by atoms with van der Waals surface area (Å²) < 4.78 is 17.7. The highest BCUT2D eigenvalue weighted by atomic mass is 79.9. The molecule has 0 aliphatic carbocycles. The van der Waals surface area contributed by atoms with E-state index in [0.29, 0.717) is 23.1 Å². The number of methoxy groups -OCH3 is 1. The van der Waals surface area contributed by atoms with Crippen LogP contribution in [0.25, 0.3) is 0 Å². The summed E-state index contributed by atoms with van der Waals surface area (Å²) in [5.41, 5.74) is 2.17. The average molecular weight is 443 g/mol. The molecule has 6 heteroatoms. The van der Waals surface area contributed by atoms with Gasteiger partial charge in [-0.1, -0.05) is 39.7 Å². The van der Waals surface area contributed by atoms with Crippen LogP contribution >= 0.6 is 27.5 Å². The molecule has 0 heterocycles. The monoisotopic (exact) mass is 441 g/mol. The van der Waals surface area contributed by atoms with E-state index < -0.39 is 0 Å². The van der Waals surface area contributed by atoms with Crippen molar-refractivity contribution in [3.8, 4) is 11.5 Å². The van der Waals surface area contributed by atoms with Crippen LogP contribution in [-0.2, 0) is 17.9 Å². The predicted molar refractivity (Wildman–Crippen MR) is 109 cm³/mol. The lowest BCUT2D eigenvalue weighted by molar-refractivity contribution is 0.144. The van der Waals surface area contributed by atoms with Crippen LogP contribution in [0.5, 0.6) is 11.5 Å². The molecule has 0 amide bonds. The summed E-state index contributed by atoms with van der Waals surface area (Å²) in [7, 11) is 1.65. The van der Waals surface area contributed by atoms with Gasteiger partial charge < -0.3 is 19.5 Å². The average Bonchev–Trinajstić information content (AvgIpc) is 2.65. The Morgan fingerprint density at radius 2 is 1.88 bits per heavy atom. The van der Waals surface area contributed by atoms with E-state index in [9.17, 15) is 0 Å². The Balaban J connectivity index is 1.93. The molecule has 0 aliphatic rings. The van der Waals surface area contributed by atoms with Crippen LogP contribution < -0.4 is 14.8 Å². The quantitative estimate of drug-likeness (QED) is 0.485. The normalized spacial score (nSPS) is 10.8. The molecule has 1 N–H and O–H groups in total. The molecule has 0 saturated carbocycles. The van der Waals surface area contributed by atoms with Gasteiger partial charge in [0.05, 0.1) is 7.11 Å². The minimum atomic E-state index is 0.453. The van der Waals surface area contributed by atoms with Gasteiger partial charge in [0.15, 0.2) is 11.5 Å². The van der Waals surface area contributed by atoms with Gasteiger partial charge in [-0.25, -0.2) is 0 Å². The van der Waals surface area contributed by atoms with Crippen molar-refractivity contribution in [2.75, 3.05) is 26.9 Å². The van der Waals surface area contributed by atoms with Gasteiger partial charge in [0, 0.05) is 29.3 Å². The molecule has 0 aromatic heterocycles. The minimum Gasteiger partial charge on any atom is -0.493 e. The number of rotatable bonds is 11. The van der Waals surface area contributed by atoms with Crippen LogP contribution in [0.15, 0.2) is 40.9 Å². The minimum absolute atomic E-state index is 0.453. The highest BCUT2D eigenvalue weighted by molar-refractivity contribution is 9.10. The van der Waals surface area contributed by atoms with Gasteiger partial charge in [0.2, 0.25) is 0 Å². The van der Waals surface area contributed by atoms with Gasteiger partial charge >= 0.3 is 0 Å². The molecular weight excluding hydrogens is 418 g/mol. The van der Waals surface area contributed by atoms with E-state index in [0.717, 1.165) is 48.3 Å². The summed E-state index contributed by atoms with van der Waals surface area (Å²) in [5.74, 6) is 1.42. The van der Waals surface area contributed by atoms with Crippen LogP contribution in [0.2, 0.25) is 5.02 Å². The van der Waals surface area contributed by atoms with Crippen LogP contribution in [-0.4, -0.2) is 26.9 Å². The summed E-state index contributed by atoms with van der Waals surface area (Å²) in [4.78, 5) is 0. The predicted octanol–water partition coefficient (Wildman–Crippen LogP) is 5.21. The number of nitrogens with one attached hydrogen (secondary N) is 1. The van der Waals surface area contributed by atoms with E-state index in [2.05, 4.69) is 21.2 Å². The first kappa shape index (κ1) is 21.0. The van der Waals surface area contributed by atoms with E-state index in [1.165, 1.54) is 0 Å². The number of ether oxygens (including phenoxy) is 3. The van der Waals surface area contributed by atoms with Crippen molar-refractivity contribution in [2.24, 2.45) is 0 Å². The van der Waals surface area contributed by atoms with Crippen molar-refractivity contribution < 1.29 is 14.2 Å². The largest absolute Gasteiger partial charge is 0.493 e. The molecule has 0 saturated heterocycles. The van der Waals surface area contributed by atoms with E-state index in [1.54, 1.807) is 7.11 Å². The van der Waals surface area contributed by atoms with Gasteiger partial charge in [-0.3, -0.25) is 0 Å². The van der Waals surface area contributed by atoms with Crippen molar-refractivity contribution >= 4 is 27.5 Å². The standard InChI is InChI=1S/C20H25BrClNO3/c1-3-25-10-4-9-23-13-16-11-19(24-2)20(12-18(16)21)26-14-15-5-7-17(22)8-6-15/h5-8,11-12,23H,3-4,9-10,13-14H2,1-2H3. The number of benzene rings is 2. The molecule has 0 bridgehead atoms. The van der Waals surface area contributed by atoms with Crippen molar-refractivity contribution in [1.82, 2.24) is 5.32 Å². The molecular formula is C20H25BrClNO3. The third-order valence-electron chi connectivity index (χ3n) is 3.80. The summed E-state index contributed by atoms with van der Waals surface area (Å²) in [6.07, 6.45) is 0.991. The number of halogens is 2. The molecule has 2 aromatic rings. The lowest BCUT2D eigenvalue weighted by atomic mass is 10.2. The first-order valence-electron chi connectivity index (χ1n) is 8.66. The van der Waals surface area contributed by atoms with Crippen LogP contribution in [0, 0.1) is 0 Å². The summed E-state index contributed by atoms with van der Waals surface area (Å²) in [6.45, 7) is 5.66. The molecule has 2 aromatic carbocycles. The summed E-state index contributed by atoms with van der Waals surface area (Å²) >= 11 is 9.53. The number of hydrogen-bond donors (Lipinski definition) is 1. The highest BCUT2D eigenvalue weighted by Gasteiger charge is 2.10. The maximum absolute atomic E-state index is 5.92. The summed E-state index contributed by atoms with van der Waals surface area (Å²) in [5, 5.41) is 4.13. The Kier molecular flexibility index (Phi) is 9.26. The van der Waals surface area contributed by atoms with Gasteiger partial charge in [0.1, 0.15) is 6.61 Å². The molecule has 0 radical (unpaired) electrons. The maximum Gasteiger partial charge on any atom is 0.162 e. The first-order chi connectivity index (χ1) is 12.6. The molecule has 142 valence electrons. The van der Waals surface area contributed by atoms with Crippen molar-refractivity contribution in [3.63, 3.8) is 0 Å². The topological polar surface area (TPSA) is 39.7 Å². The zero-order valence-corrected chi connectivity index (χ0v) is 17.5. The molecule has 0 atom stereocenters. The first-order valence-corrected chi connectivity index (χ1v) is 9.83. The van der Waals surface area contributed by atoms with Gasteiger partial charge in [-0.05, 0) is 55.3 Å². The van der Waals surface area contributed by atoms with Crippen molar-refractivity contribution in [1.29, 1.82) is 0 Å². The fourth-order valence-corrected chi connectivity index (χ4v) is 2.98. The second-order valence-electron chi connectivity index (χ2n) is 5.74. The van der Waals surface area contributed by atoms with E-state index in [1.807, 2.05) is 43.3 Å². The van der Waals surface area contributed by atoms with E-state index in [-0.39, 0.29) is 0 Å². The molecule has 26 heavy (non-hydrogen) atoms. The summed E-state index contributed by atoms with van der Waals surface area (Å²) in [6, 6.07) is 11.6. The third kappa shape index (κ3) is 6.80. The lowest BCUT2D eigenvalue weighted by Gasteiger charge is -2.14. The highest BCUT2D eigenvalue weighted by Crippen LogP contribution is 2.34. The fourth-order valence-electron chi connectivity index (χ4n) is 2.39. The second-order valence-corrected chi connectivity index (χ2v) is 7.03. The second kappa shape index (κ2) is 11.4. The zero-order chi connectivity index (χ0) is 18.8. The lowest BCUT2D eigenvalue weighted by Crippen LogP contribution is -2.16. The molecule has 0 aliphatic heterocycles. The number of hydrogen-bond acceptors (Lipinski definition) is 4. The van der Waals surface area contributed by atoms with Gasteiger partial charge in [-0.2, -0.15) is 0 Å². The molecule has 0 fully saturated rings. The fraction of sp³-hybridized carbons (Fsp3) is 0.400. The van der Waals surface area contributed by atoms with Crippen LogP contribution in [0.3, 0.4) is 0 Å². The Bertz CT molecular complexity index is 680. The molecule has 0 spiro atoms. The maximum atomic E-state index is 5.92. The van der Waals surface area contributed by atoms with Crippen molar-refractivity contribution in [3.05, 3.63) is 57.0 Å². The Hall–Kier alpha value is -1.27. The Morgan fingerprint density at radius 3 is 2.58 bits per heavy atom. The SMILES string of the molecule is CCOCCCNCc1cc(OC)c(OCc2ccc(Cl)cc2)cc1Br.